The highest BCUT2D eigenvalue weighted by Crippen LogP contribution is 2.26. The van der Waals surface area contributed by atoms with Crippen molar-refractivity contribution >= 4 is 45.9 Å². The molecule has 38 heavy (non-hydrogen) atoms. The van der Waals surface area contributed by atoms with Crippen molar-refractivity contribution in [3.05, 3.63) is 87.5 Å². The smallest absolute Gasteiger partial charge is 0.257 e. The number of fused-ring (bicyclic) bond motifs is 1. The average Bonchev–Trinajstić information content (AvgIpc) is 3.19. The first kappa shape index (κ1) is 27.3. The average molecular weight is 555 g/mol. The van der Waals surface area contributed by atoms with Crippen LogP contribution in [0.2, 0.25) is 10.0 Å². The van der Waals surface area contributed by atoms with Crippen molar-refractivity contribution < 1.29 is 19.1 Å². The quantitative estimate of drug-likeness (QED) is 0.269. The maximum Gasteiger partial charge on any atom is 0.257 e. The zero-order valence-electron chi connectivity index (χ0n) is 21.3. The second-order valence-electron chi connectivity index (χ2n) is 8.75. The standard InChI is InChI=1S/C28H28Cl2N4O4/c1-32(27(36)21-16-20(37-2)12-13-25(21)38-3)14-5-15-33-26-22(30)6-4-7-23(26)34(28(33)31)17-24(35)18-8-10-19(29)11-9-18/h4,6-13,16,31H,5,14-15,17H2,1-3H3. The van der Waals surface area contributed by atoms with Crippen LogP contribution < -0.4 is 15.1 Å². The van der Waals surface area contributed by atoms with Crippen LogP contribution in [-0.2, 0) is 13.1 Å². The normalized spacial score (nSPS) is 11.0. The molecule has 1 N–H and O–H groups in total. The summed E-state index contributed by atoms with van der Waals surface area (Å²) in [6.07, 6.45) is 0.556. The minimum atomic E-state index is -0.203. The first-order valence-electron chi connectivity index (χ1n) is 11.9. The maximum atomic E-state index is 13.1. The number of carbonyl (C=O) groups is 2. The molecule has 0 saturated carbocycles. The molecule has 1 amide bonds. The summed E-state index contributed by atoms with van der Waals surface area (Å²) in [4.78, 5) is 27.7. The van der Waals surface area contributed by atoms with Gasteiger partial charge in [-0.05, 0) is 61.0 Å². The molecule has 0 bridgehead atoms. The van der Waals surface area contributed by atoms with Gasteiger partial charge in [-0.1, -0.05) is 29.3 Å². The Labute approximate surface area is 230 Å². The van der Waals surface area contributed by atoms with E-state index in [2.05, 4.69) is 0 Å². The summed E-state index contributed by atoms with van der Waals surface area (Å²) in [6.45, 7) is 0.832. The van der Waals surface area contributed by atoms with Gasteiger partial charge in [-0.3, -0.25) is 15.0 Å². The van der Waals surface area contributed by atoms with E-state index in [1.54, 1.807) is 82.8 Å². The fraction of sp³-hybridized carbons (Fsp3) is 0.250. The molecule has 0 saturated heterocycles. The van der Waals surface area contributed by atoms with Gasteiger partial charge in [0.2, 0.25) is 5.62 Å². The van der Waals surface area contributed by atoms with Crippen molar-refractivity contribution in [2.45, 2.75) is 19.5 Å². The SMILES string of the molecule is COc1ccc(OC)c(C(=O)N(C)CCCn2c(=N)n(CC(=O)c3ccc(Cl)cc3)c3cccc(Cl)c32)c1. The topological polar surface area (TPSA) is 89.6 Å². The van der Waals surface area contributed by atoms with Gasteiger partial charge >= 0.3 is 0 Å². The lowest BCUT2D eigenvalue weighted by molar-refractivity contribution is 0.0787. The molecule has 0 spiro atoms. The van der Waals surface area contributed by atoms with Gasteiger partial charge in [0, 0.05) is 30.7 Å². The number of methoxy groups -OCH3 is 2. The Morgan fingerprint density at radius 3 is 2.39 bits per heavy atom. The summed E-state index contributed by atoms with van der Waals surface area (Å²) in [5.41, 5.74) is 2.43. The van der Waals surface area contributed by atoms with Crippen LogP contribution in [0.4, 0.5) is 0 Å². The van der Waals surface area contributed by atoms with E-state index in [1.165, 1.54) is 7.11 Å². The minimum absolute atomic E-state index is 0.0155. The minimum Gasteiger partial charge on any atom is -0.497 e. The molecule has 3 aromatic carbocycles. The van der Waals surface area contributed by atoms with Gasteiger partial charge < -0.3 is 23.5 Å². The van der Waals surface area contributed by atoms with Crippen LogP contribution in [0.15, 0.2) is 60.7 Å². The first-order valence-corrected chi connectivity index (χ1v) is 12.7. The molecule has 198 valence electrons. The van der Waals surface area contributed by atoms with E-state index in [0.717, 1.165) is 0 Å². The van der Waals surface area contributed by atoms with E-state index in [4.69, 9.17) is 38.1 Å². The van der Waals surface area contributed by atoms with Crippen molar-refractivity contribution in [1.29, 1.82) is 5.41 Å². The van der Waals surface area contributed by atoms with Gasteiger partial charge in [0.15, 0.2) is 5.78 Å². The summed E-state index contributed by atoms with van der Waals surface area (Å²) in [5.74, 6) is 0.681. The van der Waals surface area contributed by atoms with Crippen LogP contribution in [0.3, 0.4) is 0 Å². The number of para-hydroxylation sites is 1. The lowest BCUT2D eigenvalue weighted by atomic mass is 10.1. The highest BCUT2D eigenvalue weighted by Gasteiger charge is 2.19. The summed E-state index contributed by atoms with van der Waals surface area (Å²) in [5, 5.41) is 9.88. The molecule has 8 nitrogen and oxygen atoms in total. The molecule has 0 radical (unpaired) electrons. The highest BCUT2D eigenvalue weighted by atomic mass is 35.5. The van der Waals surface area contributed by atoms with E-state index >= 15 is 0 Å². The Kier molecular flexibility index (Phi) is 8.44. The van der Waals surface area contributed by atoms with Crippen LogP contribution in [-0.4, -0.2) is 53.5 Å². The van der Waals surface area contributed by atoms with Crippen LogP contribution in [0.5, 0.6) is 11.5 Å². The van der Waals surface area contributed by atoms with Crippen molar-refractivity contribution in [1.82, 2.24) is 14.0 Å². The van der Waals surface area contributed by atoms with Crippen LogP contribution in [0, 0.1) is 5.41 Å². The number of imidazole rings is 1. The van der Waals surface area contributed by atoms with Gasteiger partial charge in [-0.15, -0.1) is 0 Å². The predicted molar refractivity (Wildman–Crippen MR) is 148 cm³/mol. The Balaban J connectivity index is 1.54. The first-order chi connectivity index (χ1) is 18.2. The number of benzene rings is 3. The van der Waals surface area contributed by atoms with Crippen molar-refractivity contribution in [2.24, 2.45) is 0 Å². The second kappa shape index (κ2) is 11.8. The Bertz CT molecular complexity index is 1540. The molecule has 1 aromatic heterocycles. The van der Waals surface area contributed by atoms with Crippen molar-refractivity contribution in [3.63, 3.8) is 0 Å². The number of aromatic nitrogens is 2. The molecule has 4 aromatic rings. The lowest BCUT2D eigenvalue weighted by Gasteiger charge is -2.19. The summed E-state index contributed by atoms with van der Waals surface area (Å²) < 4.78 is 14.0. The van der Waals surface area contributed by atoms with Crippen LogP contribution in [0.1, 0.15) is 27.1 Å². The monoisotopic (exact) mass is 554 g/mol. The molecule has 0 aliphatic heterocycles. The number of aryl methyl sites for hydroxylation is 1. The fourth-order valence-electron chi connectivity index (χ4n) is 4.36. The number of amides is 1. The molecule has 0 unspecified atom stereocenters. The zero-order chi connectivity index (χ0) is 27.4. The number of hydrogen-bond acceptors (Lipinski definition) is 5. The van der Waals surface area contributed by atoms with E-state index in [0.29, 0.717) is 63.2 Å². The number of halogens is 2. The fourth-order valence-corrected chi connectivity index (χ4v) is 4.76. The third-order valence-electron chi connectivity index (χ3n) is 6.36. The third-order valence-corrected chi connectivity index (χ3v) is 6.92. The molecule has 1 heterocycles. The molecule has 0 fully saturated rings. The molecule has 0 aliphatic carbocycles. The third kappa shape index (κ3) is 5.56. The number of nitrogens with zero attached hydrogens (tertiary/aromatic N) is 3. The largest absolute Gasteiger partial charge is 0.497 e. The van der Waals surface area contributed by atoms with Crippen LogP contribution >= 0.6 is 23.2 Å². The molecule has 4 rings (SSSR count). The maximum absolute atomic E-state index is 13.1. The van der Waals surface area contributed by atoms with Crippen molar-refractivity contribution in [3.8, 4) is 11.5 Å². The number of carbonyl (C=O) groups excluding carboxylic acids is 2. The van der Waals surface area contributed by atoms with Crippen molar-refractivity contribution in [2.75, 3.05) is 27.8 Å². The Morgan fingerprint density at radius 1 is 0.974 bits per heavy atom. The molecule has 0 atom stereocenters. The van der Waals surface area contributed by atoms with E-state index < -0.39 is 0 Å². The van der Waals surface area contributed by atoms with Gasteiger partial charge in [0.25, 0.3) is 5.91 Å². The predicted octanol–water partition coefficient (Wildman–Crippen LogP) is 5.29. The van der Waals surface area contributed by atoms with Gasteiger partial charge in [-0.2, -0.15) is 0 Å². The molecular formula is C28H28Cl2N4O4. The van der Waals surface area contributed by atoms with Crippen LogP contribution in [0.25, 0.3) is 11.0 Å². The Hall–Kier alpha value is -3.75. The number of ketones is 1. The summed E-state index contributed by atoms with van der Waals surface area (Å²) >= 11 is 12.5. The number of rotatable bonds is 10. The number of ether oxygens (including phenoxy) is 2. The van der Waals surface area contributed by atoms with E-state index in [-0.39, 0.29) is 23.9 Å². The Morgan fingerprint density at radius 2 is 1.71 bits per heavy atom. The van der Waals surface area contributed by atoms with E-state index in [9.17, 15) is 9.59 Å². The second-order valence-corrected chi connectivity index (χ2v) is 9.59. The molecular weight excluding hydrogens is 527 g/mol. The van der Waals surface area contributed by atoms with Gasteiger partial charge in [-0.25, -0.2) is 0 Å². The molecule has 10 heteroatoms. The molecule has 0 aliphatic rings. The van der Waals surface area contributed by atoms with E-state index in [1.807, 2.05) is 6.07 Å². The highest BCUT2D eigenvalue weighted by molar-refractivity contribution is 6.35. The number of nitrogens with one attached hydrogen (secondary N) is 1. The lowest BCUT2D eigenvalue weighted by Crippen LogP contribution is -2.31. The number of Topliss-reactive ketones (excluding diaryl/α,β-unsaturated/α-hetero) is 1. The van der Waals surface area contributed by atoms with Gasteiger partial charge in [0.1, 0.15) is 11.5 Å². The number of hydrogen-bond donors (Lipinski definition) is 1. The summed E-state index contributed by atoms with van der Waals surface area (Å²) in [6, 6.07) is 17.2. The van der Waals surface area contributed by atoms with Gasteiger partial charge in [0.05, 0.1) is 42.4 Å². The summed E-state index contributed by atoms with van der Waals surface area (Å²) in [7, 11) is 4.77. The zero-order valence-corrected chi connectivity index (χ0v) is 22.8.